The van der Waals surface area contributed by atoms with Gasteiger partial charge in [-0.15, -0.1) is 0 Å². The Balaban J connectivity index is 3.42. The van der Waals surface area contributed by atoms with Gasteiger partial charge in [0.25, 0.3) is 0 Å². The first kappa shape index (κ1) is 15.9. The van der Waals surface area contributed by atoms with E-state index in [2.05, 4.69) is 5.32 Å². The van der Waals surface area contributed by atoms with E-state index in [0.29, 0.717) is 44.9 Å². The topological polar surface area (TPSA) is 81.4 Å². The maximum atomic E-state index is 11.4. The predicted molar refractivity (Wildman–Crippen MR) is 66.3 cm³/mol. The van der Waals surface area contributed by atoms with E-state index < -0.39 is 0 Å². The summed E-state index contributed by atoms with van der Waals surface area (Å²) in [5.41, 5.74) is 5.46. The van der Waals surface area contributed by atoms with Gasteiger partial charge in [0, 0.05) is 19.4 Å². The highest BCUT2D eigenvalue weighted by atomic mass is 16.5. The Bertz CT molecular complexity index is 232. The van der Waals surface area contributed by atoms with Crippen molar-refractivity contribution in [2.45, 2.75) is 39.5 Å². The molecule has 0 heterocycles. The lowest BCUT2D eigenvalue weighted by Crippen LogP contribution is -2.25. The standard InChI is InChI=1S/C12H24N2O3/c1-3-17-12(16)5-4-8-14-11(15)7-6-10(2)9-13/h10H,3-9,13H2,1-2H3,(H,14,15). The summed E-state index contributed by atoms with van der Waals surface area (Å²) in [5, 5.41) is 2.77. The van der Waals surface area contributed by atoms with Gasteiger partial charge in [-0.05, 0) is 32.2 Å². The normalized spacial score (nSPS) is 11.9. The molecule has 0 spiro atoms. The molecule has 17 heavy (non-hydrogen) atoms. The molecule has 0 saturated heterocycles. The van der Waals surface area contributed by atoms with E-state index in [1.807, 2.05) is 6.92 Å². The third-order valence-corrected chi connectivity index (χ3v) is 2.45. The van der Waals surface area contributed by atoms with Crippen LogP contribution < -0.4 is 11.1 Å². The number of nitrogens with two attached hydrogens (primary N) is 1. The number of ether oxygens (including phenoxy) is 1. The number of hydrogen-bond donors (Lipinski definition) is 2. The molecule has 3 N–H and O–H groups in total. The Morgan fingerprint density at radius 3 is 2.65 bits per heavy atom. The zero-order valence-corrected chi connectivity index (χ0v) is 10.8. The summed E-state index contributed by atoms with van der Waals surface area (Å²) >= 11 is 0. The Labute approximate surface area is 103 Å². The molecular weight excluding hydrogens is 220 g/mol. The molecule has 0 aromatic rings. The van der Waals surface area contributed by atoms with Crippen molar-refractivity contribution in [1.82, 2.24) is 5.32 Å². The van der Waals surface area contributed by atoms with Gasteiger partial charge in [0.05, 0.1) is 6.61 Å². The fourth-order valence-electron chi connectivity index (χ4n) is 1.28. The summed E-state index contributed by atoms with van der Waals surface area (Å²) in [6.45, 7) is 5.33. The van der Waals surface area contributed by atoms with Crippen LogP contribution in [0.15, 0.2) is 0 Å². The second kappa shape index (κ2) is 10.1. The molecule has 1 atom stereocenters. The highest BCUT2D eigenvalue weighted by Gasteiger charge is 2.05. The van der Waals surface area contributed by atoms with Gasteiger partial charge in [-0.25, -0.2) is 0 Å². The van der Waals surface area contributed by atoms with Crippen LogP contribution in [0.3, 0.4) is 0 Å². The fraction of sp³-hybridized carbons (Fsp3) is 0.833. The molecule has 0 aliphatic rings. The number of nitrogens with one attached hydrogen (secondary N) is 1. The van der Waals surface area contributed by atoms with Gasteiger partial charge in [-0.1, -0.05) is 6.92 Å². The first-order chi connectivity index (χ1) is 8.10. The summed E-state index contributed by atoms with van der Waals surface area (Å²) < 4.78 is 4.78. The van der Waals surface area contributed by atoms with Gasteiger partial charge in [0.1, 0.15) is 0 Å². The van der Waals surface area contributed by atoms with E-state index in [-0.39, 0.29) is 11.9 Å². The molecule has 0 rings (SSSR count). The van der Waals surface area contributed by atoms with Crippen molar-refractivity contribution in [2.75, 3.05) is 19.7 Å². The molecule has 0 radical (unpaired) electrons. The second-order valence-corrected chi connectivity index (χ2v) is 4.14. The van der Waals surface area contributed by atoms with Crippen LogP contribution in [0.5, 0.6) is 0 Å². The van der Waals surface area contributed by atoms with E-state index in [1.165, 1.54) is 0 Å². The van der Waals surface area contributed by atoms with Crippen LogP contribution >= 0.6 is 0 Å². The second-order valence-electron chi connectivity index (χ2n) is 4.14. The zero-order chi connectivity index (χ0) is 13.1. The number of carbonyl (C=O) groups excluding carboxylic acids is 2. The molecule has 0 fully saturated rings. The quantitative estimate of drug-likeness (QED) is 0.465. The van der Waals surface area contributed by atoms with E-state index >= 15 is 0 Å². The highest BCUT2D eigenvalue weighted by molar-refractivity contribution is 5.76. The average Bonchev–Trinajstić information content (AvgIpc) is 2.32. The van der Waals surface area contributed by atoms with Crippen molar-refractivity contribution >= 4 is 11.9 Å². The van der Waals surface area contributed by atoms with E-state index in [4.69, 9.17) is 10.5 Å². The van der Waals surface area contributed by atoms with Gasteiger partial charge in [0.2, 0.25) is 5.91 Å². The van der Waals surface area contributed by atoms with Crippen LogP contribution in [0, 0.1) is 5.92 Å². The summed E-state index contributed by atoms with van der Waals surface area (Å²) in [6.07, 6.45) is 2.28. The highest BCUT2D eigenvalue weighted by Crippen LogP contribution is 2.02. The van der Waals surface area contributed by atoms with Crippen LogP contribution in [-0.2, 0) is 14.3 Å². The lowest BCUT2D eigenvalue weighted by molar-refractivity contribution is -0.143. The van der Waals surface area contributed by atoms with Gasteiger partial charge < -0.3 is 15.8 Å². The smallest absolute Gasteiger partial charge is 0.305 e. The van der Waals surface area contributed by atoms with Crippen molar-refractivity contribution in [3.8, 4) is 0 Å². The van der Waals surface area contributed by atoms with Gasteiger partial charge in [0.15, 0.2) is 0 Å². The summed E-state index contributed by atoms with van der Waals surface area (Å²) in [7, 11) is 0. The van der Waals surface area contributed by atoms with Crippen LogP contribution in [0.25, 0.3) is 0 Å². The third kappa shape index (κ3) is 9.81. The Morgan fingerprint density at radius 1 is 1.35 bits per heavy atom. The average molecular weight is 244 g/mol. The minimum Gasteiger partial charge on any atom is -0.466 e. The Hall–Kier alpha value is -1.10. The van der Waals surface area contributed by atoms with Crippen LogP contribution in [0.2, 0.25) is 0 Å². The van der Waals surface area contributed by atoms with Gasteiger partial charge >= 0.3 is 5.97 Å². The molecular formula is C12H24N2O3. The minimum absolute atomic E-state index is 0.0224. The number of hydrogen-bond acceptors (Lipinski definition) is 4. The van der Waals surface area contributed by atoms with Gasteiger partial charge in [-0.3, -0.25) is 9.59 Å². The van der Waals surface area contributed by atoms with Crippen LogP contribution in [0.1, 0.15) is 39.5 Å². The van der Waals surface area contributed by atoms with E-state index in [9.17, 15) is 9.59 Å². The van der Waals surface area contributed by atoms with Crippen LogP contribution in [-0.4, -0.2) is 31.6 Å². The van der Waals surface area contributed by atoms with Gasteiger partial charge in [-0.2, -0.15) is 0 Å². The van der Waals surface area contributed by atoms with E-state index in [0.717, 1.165) is 6.42 Å². The monoisotopic (exact) mass is 244 g/mol. The zero-order valence-electron chi connectivity index (χ0n) is 10.8. The number of esters is 1. The molecule has 1 amide bonds. The molecule has 5 nitrogen and oxygen atoms in total. The number of rotatable bonds is 9. The molecule has 0 aliphatic heterocycles. The lowest BCUT2D eigenvalue weighted by atomic mass is 10.1. The van der Waals surface area contributed by atoms with Crippen molar-refractivity contribution in [1.29, 1.82) is 0 Å². The van der Waals surface area contributed by atoms with Crippen molar-refractivity contribution in [3.05, 3.63) is 0 Å². The van der Waals surface area contributed by atoms with Crippen molar-refractivity contribution in [2.24, 2.45) is 11.7 Å². The van der Waals surface area contributed by atoms with Crippen molar-refractivity contribution < 1.29 is 14.3 Å². The minimum atomic E-state index is -0.210. The first-order valence-corrected chi connectivity index (χ1v) is 6.22. The fourth-order valence-corrected chi connectivity index (χ4v) is 1.28. The molecule has 0 aromatic heterocycles. The molecule has 5 heteroatoms. The summed E-state index contributed by atoms with van der Waals surface area (Å²) in [6, 6.07) is 0. The molecule has 0 aromatic carbocycles. The summed E-state index contributed by atoms with van der Waals surface area (Å²) in [5.74, 6) is 0.188. The predicted octanol–water partition coefficient (Wildman–Crippen LogP) is 0.821. The Morgan fingerprint density at radius 2 is 2.06 bits per heavy atom. The molecule has 0 saturated carbocycles. The maximum absolute atomic E-state index is 11.4. The number of amides is 1. The first-order valence-electron chi connectivity index (χ1n) is 6.22. The van der Waals surface area contributed by atoms with Crippen LogP contribution in [0.4, 0.5) is 0 Å². The third-order valence-electron chi connectivity index (χ3n) is 2.45. The summed E-state index contributed by atoms with van der Waals surface area (Å²) in [4.78, 5) is 22.4. The number of carbonyl (C=O) groups is 2. The molecule has 0 aliphatic carbocycles. The maximum Gasteiger partial charge on any atom is 0.305 e. The lowest BCUT2D eigenvalue weighted by Gasteiger charge is -2.08. The van der Waals surface area contributed by atoms with Crippen molar-refractivity contribution in [3.63, 3.8) is 0 Å². The molecule has 0 bridgehead atoms. The molecule has 100 valence electrons. The largest absolute Gasteiger partial charge is 0.466 e. The SMILES string of the molecule is CCOC(=O)CCCNC(=O)CCC(C)CN. The molecule has 1 unspecified atom stereocenters. The Kier molecular flexibility index (Phi) is 9.43. The van der Waals surface area contributed by atoms with E-state index in [1.54, 1.807) is 6.92 Å².